The van der Waals surface area contributed by atoms with Crippen molar-refractivity contribution in [2.24, 2.45) is 0 Å². The lowest BCUT2D eigenvalue weighted by molar-refractivity contribution is -0.115. The van der Waals surface area contributed by atoms with E-state index in [0.717, 1.165) is 28.3 Å². The summed E-state index contributed by atoms with van der Waals surface area (Å²) in [5.74, 6) is -0.0965. The van der Waals surface area contributed by atoms with E-state index in [1.54, 1.807) is 0 Å². The summed E-state index contributed by atoms with van der Waals surface area (Å²) >= 11 is 2.96. The minimum absolute atomic E-state index is 0.0965. The van der Waals surface area contributed by atoms with Gasteiger partial charge in [-0.15, -0.1) is 22.0 Å². The molecule has 6 heteroatoms. The summed E-state index contributed by atoms with van der Waals surface area (Å²) in [6, 6.07) is 30.1. The van der Waals surface area contributed by atoms with E-state index in [-0.39, 0.29) is 11.2 Å². The summed E-state index contributed by atoms with van der Waals surface area (Å²) in [4.78, 5) is 14.2. The van der Waals surface area contributed by atoms with E-state index < -0.39 is 0 Å². The zero-order valence-electron chi connectivity index (χ0n) is 16.3. The first-order valence-electron chi connectivity index (χ1n) is 9.72. The molecule has 0 unspecified atom stereocenters. The molecule has 0 spiro atoms. The monoisotopic (exact) mass is 431 g/mol. The molecule has 30 heavy (non-hydrogen) atoms. The third-order valence-corrected chi connectivity index (χ3v) is 6.67. The molecule has 0 radical (unpaired) electrons. The third kappa shape index (κ3) is 5.55. The predicted octanol–water partition coefficient (Wildman–Crippen LogP) is 5.80. The van der Waals surface area contributed by atoms with Gasteiger partial charge >= 0.3 is 0 Å². The van der Waals surface area contributed by atoms with Gasteiger partial charge in [-0.3, -0.25) is 10.1 Å². The van der Waals surface area contributed by atoms with Crippen molar-refractivity contribution in [2.75, 3.05) is 5.32 Å². The Morgan fingerprint density at radius 2 is 1.47 bits per heavy atom. The van der Waals surface area contributed by atoms with Crippen LogP contribution >= 0.6 is 23.1 Å². The number of hydrogen-bond donors (Lipinski definition) is 1. The molecule has 0 bridgehead atoms. The van der Waals surface area contributed by atoms with Crippen LogP contribution in [0.1, 0.15) is 21.4 Å². The number of amides is 1. The molecule has 4 nitrogen and oxygen atoms in total. The molecule has 0 saturated carbocycles. The van der Waals surface area contributed by atoms with Crippen LogP contribution in [-0.2, 0) is 17.6 Å². The Hall–Kier alpha value is -2.96. The SMILES string of the molecule is O=C(Nc1nnc(CCc2ccccc2)s1)[C@@H](Sc1ccccc1)c1ccccc1. The summed E-state index contributed by atoms with van der Waals surface area (Å²) < 4.78 is 0. The van der Waals surface area contributed by atoms with Crippen molar-refractivity contribution in [3.8, 4) is 0 Å². The van der Waals surface area contributed by atoms with Crippen LogP contribution in [0.5, 0.6) is 0 Å². The number of anilines is 1. The van der Waals surface area contributed by atoms with Gasteiger partial charge in [-0.2, -0.15) is 0 Å². The van der Waals surface area contributed by atoms with Crippen LogP contribution in [0.25, 0.3) is 0 Å². The fourth-order valence-corrected chi connectivity index (χ4v) is 4.80. The van der Waals surface area contributed by atoms with Crippen molar-refractivity contribution in [1.82, 2.24) is 10.2 Å². The zero-order chi connectivity index (χ0) is 20.6. The second kappa shape index (κ2) is 10.2. The first kappa shape index (κ1) is 20.3. The maximum absolute atomic E-state index is 13.1. The number of nitrogens with zero attached hydrogens (tertiary/aromatic N) is 2. The number of nitrogens with one attached hydrogen (secondary N) is 1. The Labute approximate surface area is 184 Å². The van der Waals surface area contributed by atoms with E-state index in [4.69, 9.17) is 0 Å². The summed E-state index contributed by atoms with van der Waals surface area (Å²) in [5, 5.41) is 12.5. The highest BCUT2D eigenvalue weighted by atomic mass is 32.2. The number of thioether (sulfide) groups is 1. The smallest absolute Gasteiger partial charge is 0.244 e. The molecule has 0 aliphatic carbocycles. The lowest BCUT2D eigenvalue weighted by Gasteiger charge is -2.16. The molecule has 0 saturated heterocycles. The van der Waals surface area contributed by atoms with Crippen molar-refractivity contribution in [3.05, 3.63) is 107 Å². The molecule has 1 atom stereocenters. The molecule has 1 amide bonds. The zero-order valence-corrected chi connectivity index (χ0v) is 17.9. The summed E-state index contributed by atoms with van der Waals surface area (Å²) in [6.45, 7) is 0. The second-order valence-electron chi connectivity index (χ2n) is 6.70. The molecule has 4 aromatic rings. The van der Waals surface area contributed by atoms with Crippen LogP contribution in [-0.4, -0.2) is 16.1 Å². The molecule has 1 aromatic heterocycles. The number of hydrogen-bond acceptors (Lipinski definition) is 5. The van der Waals surface area contributed by atoms with Crippen molar-refractivity contribution in [2.45, 2.75) is 23.0 Å². The maximum atomic E-state index is 13.1. The largest absolute Gasteiger partial charge is 0.299 e. The number of carbonyl (C=O) groups excluding carboxylic acids is 1. The molecule has 0 aliphatic rings. The van der Waals surface area contributed by atoms with Crippen LogP contribution in [0, 0.1) is 0 Å². The Kier molecular flexibility index (Phi) is 6.90. The highest BCUT2D eigenvalue weighted by molar-refractivity contribution is 8.00. The van der Waals surface area contributed by atoms with Gasteiger partial charge in [-0.1, -0.05) is 90.2 Å². The van der Waals surface area contributed by atoms with E-state index in [9.17, 15) is 4.79 Å². The minimum Gasteiger partial charge on any atom is -0.299 e. The topological polar surface area (TPSA) is 54.9 Å². The Balaban J connectivity index is 1.44. The van der Waals surface area contributed by atoms with Gasteiger partial charge in [0.2, 0.25) is 11.0 Å². The lowest BCUT2D eigenvalue weighted by Crippen LogP contribution is -2.18. The minimum atomic E-state index is -0.370. The quantitative estimate of drug-likeness (QED) is 0.359. The Morgan fingerprint density at radius 1 is 0.833 bits per heavy atom. The molecule has 1 N–H and O–H groups in total. The first-order valence-corrected chi connectivity index (χ1v) is 11.4. The molecular weight excluding hydrogens is 410 g/mol. The Morgan fingerprint density at radius 3 is 2.17 bits per heavy atom. The van der Waals surface area contributed by atoms with Gasteiger partial charge in [0, 0.05) is 11.3 Å². The fourth-order valence-electron chi connectivity index (χ4n) is 3.01. The van der Waals surface area contributed by atoms with Gasteiger partial charge in [-0.05, 0) is 29.7 Å². The van der Waals surface area contributed by atoms with Crippen LogP contribution in [0.15, 0.2) is 95.9 Å². The van der Waals surface area contributed by atoms with E-state index in [1.807, 2.05) is 78.9 Å². The molecule has 4 rings (SSSR count). The molecule has 0 aliphatic heterocycles. The summed E-state index contributed by atoms with van der Waals surface area (Å²) in [7, 11) is 0. The van der Waals surface area contributed by atoms with E-state index in [0.29, 0.717) is 5.13 Å². The number of carbonyl (C=O) groups is 1. The normalized spacial score (nSPS) is 11.7. The van der Waals surface area contributed by atoms with Gasteiger partial charge in [0.25, 0.3) is 0 Å². The van der Waals surface area contributed by atoms with Crippen LogP contribution in [0.4, 0.5) is 5.13 Å². The average Bonchev–Trinajstić information content (AvgIpc) is 3.25. The van der Waals surface area contributed by atoms with Gasteiger partial charge < -0.3 is 0 Å². The average molecular weight is 432 g/mol. The number of benzene rings is 3. The maximum Gasteiger partial charge on any atom is 0.244 e. The van der Waals surface area contributed by atoms with Crippen molar-refractivity contribution in [3.63, 3.8) is 0 Å². The molecule has 1 heterocycles. The standard InChI is InChI=1S/C24H21N3OS2/c28-23(22(19-12-6-2-7-13-19)29-20-14-8-3-9-15-20)25-24-27-26-21(30-24)17-16-18-10-4-1-5-11-18/h1-15,22H,16-17H2,(H,25,27,28)/t22-/m0/s1. The molecule has 150 valence electrons. The molecule has 0 fully saturated rings. The molecule has 3 aromatic carbocycles. The second-order valence-corrected chi connectivity index (χ2v) is 8.94. The number of aromatic nitrogens is 2. The van der Waals surface area contributed by atoms with Crippen LogP contribution in [0.3, 0.4) is 0 Å². The van der Waals surface area contributed by atoms with Gasteiger partial charge in [0.05, 0.1) is 0 Å². The van der Waals surface area contributed by atoms with Gasteiger partial charge in [-0.25, -0.2) is 0 Å². The van der Waals surface area contributed by atoms with Crippen molar-refractivity contribution >= 4 is 34.1 Å². The predicted molar refractivity (Wildman–Crippen MR) is 124 cm³/mol. The first-order chi connectivity index (χ1) is 14.8. The summed E-state index contributed by atoms with van der Waals surface area (Å²) in [5.41, 5.74) is 2.22. The highest BCUT2D eigenvalue weighted by Gasteiger charge is 2.23. The van der Waals surface area contributed by atoms with E-state index in [1.165, 1.54) is 28.7 Å². The van der Waals surface area contributed by atoms with Crippen molar-refractivity contribution in [1.29, 1.82) is 0 Å². The van der Waals surface area contributed by atoms with Gasteiger partial charge in [0.1, 0.15) is 10.3 Å². The van der Waals surface area contributed by atoms with Crippen LogP contribution < -0.4 is 5.32 Å². The Bertz CT molecular complexity index is 1070. The lowest BCUT2D eigenvalue weighted by atomic mass is 10.1. The summed E-state index contributed by atoms with van der Waals surface area (Å²) in [6.07, 6.45) is 1.71. The number of rotatable bonds is 8. The third-order valence-electron chi connectivity index (χ3n) is 4.50. The van der Waals surface area contributed by atoms with Crippen molar-refractivity contribution < 1.29 is 4.79 Å². The van der Waals surface area contributed by atoms with E-state index in [2.05, 4.69) is 27.6 Å². The van der Waals surface area contributed by atoms with Crippen LogP contribution in [0.2, 0.25) is 0 Å². The highest BCUT2D eigenvalue weighted by Crippen LogP contribution is 2.36. The number of aryl methyl sites for hydroxylation is 2. The molecular formula is C24H21N3OS2. The van der Waals surface area contributed by atoms with E-state index >= 15 is 0 Å². The van der Waals surface area contributed by atoms with Gasteiger partial charge in [0.15, 0.2) is 0 Å². The fraction of sp³-hybridized carbons (Fsp3) is 0.125.